The van der Waals surface area contributed by atoms with E-state index in [4.69, 9.17) is 0 Å². The van der Waals surface area contributed by atoms with Gasteiger partial charge in [0.15, 0.2) is 5.78 Å². The van der Waals surface area contributed by atoms with Crippen molar-refractivity contribution in [1.29, 1.82) is 0 Å². The zero-order valence-electron chi connectivity index (χ0n) is 19.4. The molecule has 3 aliphatic heterocycles. The highest BCUT2D eigenvalue weighted by Crippen LogP contribution is 2.29. The third kappa shape index (κ3) is 4.58. The Hall–Kier alpha value is -2.45. The molecule has 3 fully saturated rings. The van der Waals surface area contributed by atoms with Gasteiger partial charge in [0, 0.05) is 72.7 Å². The van der Waals surface area contributed by atoms with Gasteiger partial charge in [0.2, 0.25) is 5.91 Å². The predicted octanol–water partition coefficient (Wildman–Crippen LogP) is 3.32. The van der Waals surface area contributed by atoms with Crippen molar-refractivity contribution in [3.8, 4) is 0 Å². The largest absolute Gasteiger partial charge is 0.339 e. The van der Waals surface area contributed by atoms with E-state index < -0.39 is 0 Å². The van der Waals surface area contributed by atoms with Crippen LogP contribution in [0.5, 0.6) is 0 Å². The van der Waals surface area contributed by atoms with Crippen LogP contribution in [0.15, 0.2) is 41.5 Å². The summed E-state index contributed by atoms with van der Waals surface area (Å²) in [5.41, 5.74) is 1.56. The molecule has 0 spiro atoms. The van der Waals surface area contributed by atoms with E-state index in [9.17, 15) is 14.4 Å². The third-order valence-electron chi connectivity index (χ3n) is 7.50. The average Bonchev–Trinajstić information content (AvgIpc) is 3.16. The number of halogens is 1. The number of carbonyl (C=O) groups excluding carboxylic acids is 3. The number of ketones is 1. The van der Waals surface area contributed by atoms with Crippen molar-refractivity contribution < 1.29 is 14.4 Å². The summed E-state index contributed by atoms with van der Waals surface area (Å²) in [5, 5.41) is 0.879. The Morgan fingerprint density at radius 2 is 1.88 bits per heavy atom. The molecule has 5 rings (SSSR count). The second kappa shape index (κ2) is 9.66. The van der Waals surface area contributed by atoms with Crippen molar-refractivity contribution in [1.82, 2.24) is 19.3 Å². The first-order chi connectivity index (χ1) is 16.4. The molecule has 0 bridgehead atoms. The lowest BCUT2D eigenvalue weighted by molar-refractivity contribution is -0.134. The number of hydrogen-bond donors (Lipinski definition) is 0. The molecule has 3 saturated heterocycles. The third-order valence-corrected chi connectivity index (χ3v) is 8.00. The first-order valence-electron chi connectivity index (χ1n) is 12.2. The van der Waals surface area contributed by atoms with Gasteiger partial charge in [0.25, 0.3) is 5.91 Å². The lowest BCUT2D eigenvalue weighted by Gasteiger charge is -2.44. The summed E-state index contributed by atoms with van der Waals surface area (Å²) in [6.45, 7) is 8.55. The molecule has 1 unspecified atom stereocenters. The minimum atomic E-state index is -0.0807. The second-order valence-corrected chi connectivity index (χ2v) is 10.7. The number of amides is 2. The van der Waals surface area contributed by atoms with Crippen LogP contribution in [0.3, 0.4) is 0 Å². The number of carbonyl (C=O) groups is 3. The summed E-state index contributed by atoms with van der Waals surface area (Å²) in [7, 11) is 0. The van der Waals surface area contributed by atoms with Gasteiger partial charge in [-0.1, -0.05) is 28.9 Å². The van der Waals surface area contributed by atoms with Crippen LogP contribution >= 0.6 is 15.9 Å². The topological polar surface area (TPSA) is 65.9 Å². The maximum absolute atomic E-state index is 13.6. The van der Waals surface area contributed by atoms with E-state index in [1.54, 1.807) is 4.90 Å². The molecule has 0 N–H and O–H groups in total. The van der Waals surface area contributed by atoms with Gasteiger partial charge in [0.1, 0.15) is 0 Å². The molecule has 2 aromatic rings. The van der Waals surface area contributed by atoms with Crippen molar-refractivity contribution >= 4 is 44.4 Å². The Morgan fingerprint density at radius 1 is 1.06 bits per heavy atom. The Kier molecular flexibility index (Phi) is 6.62. The average molecular weight is 527 g/mol. The van der Waals surface area contributed by atoms with E-state index in [0.717, 1.165) is 48.0 Å². The van der Waals surface area contributed by atoms with Crippen LogP contribution in [0.1, 0.15) is 36.0 Å². The number of Topliss-reactive ketones (excluding diaryl/α,β-unsaturated/α-hetero) is 1. The molecule has 3 aliphatic rings. The number of rotatable bonds is 6. The SMILES string of the molecule is C=CC(=O)N1CC(CC(=O)Cn2cc(C(=O)N3CCN4CCCCC4C3)c3cc(Br)ccc32)C1. The fourth-order valence-electron chi connectivity index (χ4n) is 5.67. The monoisotopic (exact) mass is 526 g/mol. The van der Waals surface area contributed by atoms with E-state index in [-0.39, 0.29) is 30.1 Å². The number of benzene rings is 1. The van der Waals surface area contributed by atoms with Crippen LogP contribution in [0, 0.1) is 5.92 Å². The Bertz CT molecular complexity index is 1140. The molecule has 0 saturated carbocycles. The van der Waals surface area contributed by atoms with Gasteiger partial charge in [0.05, 0.1) is 12.1 Å². The van der Waals surface area contributed by atoms with Crippen molar-refractivity contribution in [2.75, 3.05) is 39.3 Å². The van der Waals surface area contributed by atoms with Crippen molar-refractivity contribution in [3.63, 3.8) is 0 Å². The van der Waals surface area contributed by atoms with Crippen LogP contribution < -0.4 is 0 Å². The summed E-state index contributed by atoms with van der Waals surface area (Å²) < 4.78 is 2.83. The summed E-state index contributed by atoms with van der Waals surface area (Å²) in [5.74, 6) is 0.283. The zero-order valence-corrected chi connectivity index (χ0v) is 21.0. The molecule has 0 aliphatic carbocycles. The number of fused-ring (bicyclic) bond motifs is 2. The number of hydrogen-bond acceptors (Lipinski definition) is 4. The van der Waals surface area contributed by atoms with Gasteiger partial charge in [-0.3, -0.25) is 19.3 Å². The molecule has 8 heteroatoms. The minimum Gasteiger partial charge on any atom is -0.339 e. The van der Waals surface area contributed by atoms with Crippen molar-refractivity contribution in [2.45, 2.75) is 38.3 Å². The highest BCUT2D eigenvalue weighted by Gasteiger charge is 2.33. The summed E-state index contributed by atoms with van der Waals surface area (Å²) in [6, 6.07) is 6.35. The number of piperidine rings is 1. The first kappa shape index (κ1) is 23.3. The highest BCUT2D eigenvalue weighted by molar-refractivity contribution is 9.10. The fourth-order valence-corrected chi connectivity index (χ4v) is 6.03. The van der Waals surface area contributed by atoms with E-state index >= 15 is 0 Å². The molecule has 7 nitrogen and oxygen atoms in total. The quantitative estimate of drug-likeness (QED) is 0.541. The van der Waals surface area contributed by atoms with Crippen LogP contribution in [-0.2, 0) is 16.1 Å². The van der Waals surface area contributed by atoms with Crippen LogP contribution in [0.4, 0.5) is 0 Å². The number of piperazine rings is 1. The van der Waals surface area contributed by atoms with Crippen molar-refractivity contribution in [2.24, 2.45) is 5.92 Å². The van der Waals surface area contributed by atoms with Gasteiger partial charge in [-0.05, 0) is 43.7 Å². The molecule has 4 heterocycles. The van der Waals surface area contributed by atoms with Gasteiger partial charge < -0.3 is 14.4 Å². The molecule has 34 heavy (non-hydrogen) atoms. The molecule has 180 valence electrons. The Balaban J connectivity index is 1.31. The lowest BCUT2D eigenvalue weighted by atomic mass is 9.94. The number of likely N-dealkylation sites (tertiary alicyclic amines) is 1. The van der Waals surface area contributed by atoms with E-state index in [1.165, 1.54) is 18.9 Å². The standard InChI is InChI=1S/C26H31BrN4O3/c1-2-25(33)31-13-18(14-31)11-21(32)16-30-17-23(22-12-19(27)6-7-24(22)30)26(34)29-10-9-28-8-4-3-5-20(28)15-29/h2,6-7,12,17-18,20H,1,3-5,8-11,13-16H2. The Morgan fingerprint density at radius 3 is 2.68 bits per heavy atom. The maximum Gasteiger partial charge on any atom is 0.256 e. The second-order valence-electron chi connectivity index (χ2n) is 9.83. The minimum absolute atomic E-state index is 0.0529. The lowest BCUT2D eigenvalue weighted by Crippen LogP contribution is -2.56. The predicted molar refractivity (Wildman–Crippen MR) is 135 cm³/mol. The van der Waals surface area contributed by atoms with E-state index in [1.807, 2.05) is 33.9 Å². The molecule has 1 aromatic heterocycles. The summed E-state index contributed by atoms with van der Waals surface area (Å²) in [4.78, 5) is 44.3. The smallest absolute Gasteiger partial charge is 0.256 e. The molecule has 0 radical (unpaired) electrons. The van der Waals surface area contributed by atoms with Crippen LogP contribution in [-0.4, -0.2) is 82.2 Å². The normalized spacial score (nSPS) is 21.3. The molecule has 1 atom stereocenters. The summed E-state index contributed by atoms with van der Waals surface area (Å²) in [6.07, 6.45) is 7.25. The first-order valence-corrected chi connectivity index (χ1v) is 13.0. The highest BCUT2D eigenvalue weighted by atomic mass is 79.9. The maximum atomic E-state index is 13.6. The van der Waals surface area contributed by atoms with Crippen LogP contribution in [0.2, 0.25) is 0 Å². The van der Waals surface area contributed by atoms with E-state index in [2.05, 4.69) is 27.4 Å². The van der Waals surface area contributed by atoms with E-state index in [0.29, 0.717) is 31.1 Å². The number of nitrogens with zero attached hydrogens (tertiary/aromatic N) is 4. The molecule has 1 aromatic carbocycles. The fraction of sp³-hybridized carbons (Fsp3) is 0.500. The Labute approximate surface area is 208 Å². The van der Waals surface area contributed by atoms with Crippen molar-refractivity contribution in [3.05, 3.63) is 47.1 Å². The summed E-state index contributed by atoms with van der Waals surface area (Å²) >= 11 is 3.54. The molecular formula is C26H31BrN4O3. The van der Waals surface area contributed by atoms with Gasteiger partial charge in [-0.25, -0.2) is 0 Å². The molecular weight excluding hydrogens is 496 g/mol. The zero-order chi connectivity index (χ0) is 23.8. The number of aromatic nitrogens is 1. The van der Waals surface area contributed by atoms with Gasteiger partial charge in [-0.2, -0.15) is 0 Å². The van der Waals surface area contributed by atoms with Gasteiger partial charge >= 0.3 is 0 Å². The molecule has 2 amide bonds. The van der Waals surface area contributed by atoms with Gasteiger partial charge in [-0.15, -0.1) is 0 Å². The van der Waals surface area contributed by atoms with Crippen LogP contribution in [0.25, 0.3) is 10.9 Å².